The fourth-order valence-corrected chi connectivity index (χ4v) is 2.28. The van der Waals surface area contributed by atoms with E-state index in [1.54, 1.807) is 0 Å². The van der Waals surface area contributed by atoms with E-state index in [1.165, 1.54) is 17.0 Å². The summed E-state index contributed by atoms with van der Waals surface area (Å²) in [6.07, 6.45) is 0. The van der Waals surface area contributed by atoms with Crippen molar-refractivity contribution in [3.05, 3.63) is 48.2 Å². The van der Waals surface area contributed by atoms with E-state index in [0.29, 0.717) is 0 Å². The molecule has 2 aromatic rings. The SMILES string of the molecule is CC1=NCCn2c1ccc2-c1ccccc1. The highest BCUT2D eigenvalue weighted by Gasteiger charge is 2.14. The minimum atomic E-state index is 0.896. The molecule has 0 spiro atoms. The molecule has 1 aromatic heterocycles. The Balaban J connectivity index is 2.15. The van der Waals surface area contributed by atoms with Crippen LogP contribution >= 0.6 is 0 Å². The van der Waals surface area contributed by atoms with Gasteiger partial charge in [0, 0.05) is 12.2 Å². The number of hydrogen-bond acceptors (Lipinski definition) is 1. The molecule has 1 aromatic carbocycles. The maximum Gasteiger partial charge on any atom is 0.0623 e. The minimum absolute atomic E-state index is 0.896. The van der Waals surface area contributed by atoms with Gasteiger partial charge in [0.1, 0.15) is 0 Å². The number of benzene rings is 1. The van der Waals surface area contributed by atoms with Crippen LogP contribution in [0, 0.1) is 0 Å². The Labute approximate surface area is 95.3 Å². The Morgan fingerprint density at radius 3 is 2.56 bits per heavy atom. The molecule has 2 heterocycles. The standard InChI is InChI=1S/C14H14N2/c1-11-13-7-8-14(16(13)10-9-15-11)12-5-3-2-4-6-12/h2-8H,9-10H2,1H3. The van der Waals surface area contributed by atoms with E-state index >= 15 is 0 Å². The van der Waals surface area contributed by atoms with Gasteiger partial charge in [-0.3, -0.25) is 4.99 Å². The Kier molecular flexibility index (Phi) is 2.13. The minimum Gasteiger partial charge on any atom is -0.338 e. The second-order valence-corrected chi connectivity index (χ2v) is 4.09. The van der Waals surface area contributed by atoms with Crippen molar-refractivity contribution in [2.45, 2.75) is 13.5 Å². The van der Waals surface area contributed by atoms with Crippen molar-refractivity contribution in [3.8, 4) is 11.3 Å². The van der Waals surface area contributed by atoms with Gasteiger partial charge in [-0.15, -0.1) is 0 Å². The van der Waals surface area contributed by atoms with Crippen molar-refractivity contribution in [1.29, 1.82) is 0 Å². The predicted octanol–water partition coefficient (Wildman–Crippen LogP) is 2.98. The second-order valence-electron chi connectivity index (χ2n) is 4.09. The molecular formula is C14H14N2. The zero-order chi connectivity index (χ0) is 11.0. The van der Waals surface area contributed by atoms with Crippen LogP contribution in [-0.4, -0.2) is 16.8 Å². The first-order valence-corrected chi connectivity index (χ1v) is 5.62. The van der Waals surface area contributed by atoms with E-state index in [9.17, 15) is 0 Å². The largest absolute Gasteiger partial charge is 0.338 e. The molecule has 3 rings (SSSR count). The summed E-state index contributed by atoms with van der Waals surface area (Å²) in [6.45, 7) is 3.97. The highest BCUT2D eigenvalue weighted by atomic mass is 15.0. The maximum atomic E-state index is 4.47. The van der Waals surface area contributed by atoms with Crippen LogP contribution in [0.3, 0.4) is 0 Å². The first-order valence-electron chi connectivity index (χ1n) is 5.62. The molecule has 0 unspecified atom stereocenters. The van der Waals surface area contributed by atoms with E-state index in [1.807, 2.05) is 0 Å². The summed E-state index contributed by atoms with van der Waals surface area (Å²) in [6, 6.07) is 14.9. The predicted molar refractivity (Wildman–Crippen MR) is 66.9 cm³/mol. The monoisotopic (exact) mass is 210 g/mol. The van der Waals surface area contributed by atoms with Gasteiger partial charge in [-0.1, -0.05) is 30.3 Å². The van der Waals surface area contributed by atoms with Crippen LogP contribution in [-0.2, 0) is 6.54 Å². The van der Waals surface area contributed by atoms with Crippen molar-refractivity contribution in [2.24, 2.45) is 4.99 Å². The van der Waals surface area contributed by atoms with Gasteiger partial charge in [-0.05, 0) is 24.6 Å². The van der Waals surface area contributed by atoms with Gasteiger partial charge >= 0.3 is 0 Å². The summed E-state index contributed by atoms with van der Waals surface area (Å²) in [5.74, 6) is 0. The van der Waals surface area contributed by atoms with Crippen LogP contribution in [0.25, 0.3) is 11.3 Å². The van der Waals surface area contributed by atoms with Crippen molar-refractivity contribution in [1.82, 2.24) is 4.57 Å². The number of rotatable bonds is 1. The van der Waals surface area contributed by atoms with Crippen molar-refractivity contribution < 1.29 is 0 Å². The van der Waals surface area contributed by atoms with Gasteiger partial charge in [0.05, 0.1) is 18.0 Å². The van der Waals surface area contributed by atoms with Gasteiger partial charge in [-0.25, -0.2) is 0 Å². The molecule has 0 radical (unpaired) electrons. The highest BCUT2D eigenvalue weighted by Crippen LogP contribution is 2.24. The molecule has 1 aliphatic heterocycles. The Hall–Kier alpha value is -1.83. The van der Waals surface area contributed by atoms with Crippen molar-refractivity contribution in [2.75, 3.05) is 6.54 Å². The molecule has 80 valence electrons. The summed E-state index contributed by atoms with van der Waals surface area (Å²) in [5.41, 5.74) is 4.98. The van der Waals surface area contributed by atoms with E-state index in [-0.39, 0.29) is 0 Å². The van der Waals surface area contributed by atoms with Crippen LogP contribution < -0.4 is 0 Å². The first-order chi connectivity index (χ1) is 7.86. The zero-order valence-corrected chi connectivity index (χ0v) is 9.35. The Morgan fingerprint density at radius 1 is 1.00 bits per heavy atom. The molecule has 0 amide bonds. The van der Waals surface area contributed by atoms with Crippen LogP contribution in [0.5, 0.6) is 0 Å². The zero-order valence-electron chi connectivity index (χ0n) is 9.35. The average Bonchev–Trinajstić information content (AvgIpc) is 2.75. The molecule has 0 aliphatic carbocycles. The Bertz CT molecular complexity index is 535. The first kappa shape index (κ1) is 9.40. The van der Waals surface area contributed by atoms with Gasteiger partial charge in [0.2, 0.25) is 0 Å². The van der Waals surface area contributed by atoms with Gasteiger partial charge in [0.25, 0.3) is 0 Å². The Morgan fingerprint density at radius 2 is 1.75 bits per heavy atom. The molecule has 0 atom stereocenters. The second kappa shape index (κ2) is 3.63. The van der Waals surface area contributed by atoms with E-state index in [4.69, 9.17) is 0 Å². The number of nitrogens with zero attached hydrogens (tertiary/aromatic N) is 2. The third kappa shape index (κ3) is 1.38. The fourth-order valence-electron chi connectivity index (χ4n) is 2.28. The molecule has 1 aliphatic rings. The molecule has 0 fully saturated rings. The molecule has 0 bridgehead atoms. The third-order valence-corrected chi connectivity index (χ3v) is 3.09. The summed E-state index contributed by atoms with van der Waals surface area (Å²) in [4.78, 5) is 4.47. The van der Waals surface area contributed by atoms with Crippen molar-refractivity contribution >= 4 is 5.71 Å². The highest BCUT2D eigenvalue weighted by molar-refractivity contribution is 5.98. The topological polar surface area (TPSA) is 17.3 Å². The van der Waals surface area contributed by atoms with Crippen LogP contribution in [0.4, 0.5) is 0 Å². The van der Waals surface area contributed by atoms with E-state index < -0.39 is 0 Å². The average molecular weight is 210 g/mol. The quantitative estimate of drug-likeness (QED) is 0.688. The number of fused-ring (bicyclic) bond motifs is 1. The van der Waals surface area contributed by atoms with Gasteiger partial charge < -0.3 is 4.57 Å². The van der Waals surface area contributed by atoms with Crippen LogP contribution in [0.15, 0.2) is 47.5 Å². The lowest BCUT2D eigenvalue weighted by molar-refractivity contribution is 0.695. The molecular weight excluding hydrogens is 196 g/mol. The van der Waals surface area contributed by atoms with Crippen LogP contribution in [0.2, 0.25) is 0 Å². The number of aliphatic imine (C=N–C) groups is 1. The van der Waals surface area contributed by atoms with E-state index in [2.05, 4.69) is 58.9 Å². The van der Waals surface area contributed by atoms with Crippen molar-refractivity contribution in [3.63, 3.8) is 0 Å². The molecule has 0 saturated carbocycles. The summed E-state index contributed by atoms with van der Waals surface area (Å²) in [7, 11) is 0. The fraction of sp³-hybridized carbons (Fsp3) is 0.214. The molecule has 0 saturated heterocycles. The van der Waals surface area contributed by atoms with Gasteiger partial charge in [0.15, 0.2) is 0 Å². The molecule has 0 N–H and O–H groups in total. The smallest absolute Gasteiger partial charge is 0.0623 e. The lowest BCUT2D eigenvalue weighted by atomic mass is 10.1. The lowest BCUT2D eigenvalue weighted by Gasteiger charge is -2.16. The molecule has 16 heavy (non-hydrogen) atoms. The summed E-state index contributed by atoms with van der Waals surface area (Å²) >= 11 is 0. The normalized spacial score (nSPS) is 14.4. The van der Waals surface area contributed by atoms with Crippen LogP contribution in [0.1, 0.15) is 12.6 Å². The number of hydrogen-bond donors (Lipinski definition) is 0. The molecule has 2 heteroatoms. The maximum absolute atomic E-state index is 4.47. The lowest BCUT2D eigenvalue weighted by Crippen LogP contribution is -2.16. The summed E-state index contributed by atoms with van der Waals surface area (Å²) < 4.78 is 2.36. The number of aromatic nitrogens is 1. The van der Waals surface area contributed by atoms with Gasteiger partial charge in [-0.2, -0.15) is 0 Å². The molecule has 2 nitrogen and oxygen atoms in total. The van der Waals surface area contributed by atoms with E-state index in [0.717, 1.165) is 18.8 Å². The summed E-state index contributed by atoms with van der Waals surface area (Å²) in [5, 5.41) is 0. The third-order valence-electron chi connectivity index (χ3n) is 3.09.